The maximum atomic E-state index is 13.1. The van der Waals surface area contributed by atoms with Crippen LogP contribution in [-0.4, -0.2) is 52.2 Å². The average Bonchev–Trinajstić information content (AvgIpc) is 3.36. The topological polar surface area (TPSA) is 91.0 Å². The summed E-state index contributed by atoms with van der Waals surface area (Å²) in [5.41, 5.74) is 5.59. The van der Waals surface area contributed by atoms with Crippen LogP contribution in [0.4, 0.5) is 16.2 Å². The van der Waals surface area contributed by atoms with Gasteiger partial charge in [-0.2, -0.15) is 0 Å². The zero-order valence-corrected chi connectivity index (χ0v) is 24.4. The lowest BCUT2D eigenvalue weighted by Gasteiger charge is -2.30. The second-order valence-electron chi connectivity index (χ2n) is 10.3. The number of carbonyl (C=O) groups is 1. The number of halogens is 1. The van der Waals surface area contributed by atoms with Gasteiger partial charge in [0.25, 0.3) is 0 Å². The summed E-state index contributed by atoms with van der Waals surface area (Å²) in [5, 5.41) is 6.28. The molecule has 8 nitrogen and oxygen atoms in total. The molecule has 2 heterocycles. The van der Waals surface area contributed by atoms with E-state index in [9.17, 15) is 13.2 Å². The number of hydrogen-bond acceptors (Lipinski definition) is 6. The summed E-state index contributed by atoms with van der Waals surface area (Å²) < 4.78 is 31.6. The first-order valence-electron chi connectivity index (χ1n) is 13.6. The van der Waals surface area contributed by atoms with Crippen LogP contribution in [0.2, 0.25) is 5.02 Å². The Balaban J connectivity index is 1.19. The van der Waals surface area contributed by atoms with Crippen LogP contribution in [0.1, 0.15) is 42.1 Å². The summed E-state index contributed by atoms with van der Waals surface area (Å²) in [6, 6.07) is 17.3. The monoisotopic (exact) mass is 582 g/mol. The molecule has 0 bridgehead atoms. The van der Waals surface area contributed by atoms with Crippen molar-refractivity contribution in [3.8, 4) is 0 Å². The molecule has 1 unspecified atom stereocenters. The van der Waals surface area contributed by atoms with Gasteiger partial charge in [0.2, 0.25) is 0 Å². The maximum absolute atomic E-state index is 13.1. The third-order valence-corrected chi connectivity index (χ3v) is 9.55. The van der Waals surface area contributed by atoms with E-state index in [1.807, 2.05) is 43.3 Å². The molecular weight excluding hydrogens is 548 g/mol. The number of urea groups is 1. The van der Waals surface area contributed by atoms with Crippen molar-refractivity contribution in [2.75, 3.05) is 43.1 Å². The van der Waals surface area contributed by atoms with Crippen molar-refractivity contribution in [2.45, 2.75) is 43.6 Å². The van der Waals surface area contributed by atoms with E-state index in [-0.39, 0.29) is 16.7 Å². The molecule has 3 aromatic carbocycles. The van der Waals surface area contributed by atoms with E-state index in [1.165, 1.54) is 23.3 Å². The van der Waals surface area contributed by atoms with Crippen LogP contribution in [0.25, 0.3) is 0 Å². The molecule has 1 fully saturated rings. The molecule has 0 aromatic heterocycles. The van der Waals surface area contributed by atoms with Crippen molar-refractivity contribution < 1.29 is 17.9 Å². The number of rotatable bonds is 8. The number of sulfone groups is 1. The first-order chi connectivity index (χ1) is 19.2. The van der Waals surface area contributed by atoms with Crippen molar-refractivity contribution in [3.05, 3.63) is 87.9 Å². The van der Waals surface area contributed by atoms with E-state index in [0.717, 1.165) is 49.5 Å². The summed E-state index contributed by atoms with van der Waals surface area (Å²) in [6.07, 6.45) is 0. The van der Waals surface area contributed by atoms with Gasteiger partial charge in [-0.25, -0.2) is 13.2 Å². The number of ether oxygens (including phenoxy) is 1. The molecule has 0 aliphatic carbocycles. The number of nitrogens with one attached hydrogen (secondary N) is 2. The molecule has 0 spiro atoms. The van der Waals surface area contributed by atoms with Crippen molar-refractivity contribution in [1.29, 1.82) is 0 Å². The number of anilines is 2. The van der Waals surface area contributed by atoms with Gasteiger partial charge in [0.15, 0.2) is 9.84 Å². The van der Waals surface area contributed by atoms with Crippen LogP contribution in [0.5, 0.6) is 0 Å². The van der Waals surface area contributed by atoms with E-state index in [0.29, 0.717) is 23.9 Å². The smallest absolute Gasteiger partial charge is 0.319 e. The van der Waals surface area contributed by atoms with Gasteiger partial charge in [-0.05, 0) is 78.2 Å². The summed E-state index contributed by atoms with van der Waals surface area (Å²) in [6.45, 7) is 9.70. The van der Waals surface area contributed by atoms with Crippen LogP contribution in [0.15, 0.2) is 65.6 Å². The third-order valence-electron chi connectivity index (χ3n) is 7.50. The lowest BCUT2D eigenvalue weighted by molar-refractivity contribution is 0.122. The SMILES string of the molecule is CCN1Cc2ccc(CS(=O)(=O)c3ccc(NC(=O)NC(C)c4cc(N5CCOCC5)ccc4Cl)cc3)cc2C1. The standard InChI is InChI=1S/C30H35ClN4O4S/c1-3-34-18-23-5-4-22(16-24(23)19-34)20-40(37,38)27-9-6-25(7-10-27)33-30(36)32-21(2)28-17-26(8-11-29(28)31)35-12-14-39-15-13-35/h4-11,16-17,21H,3,12-15,18-20H2,1-2H3,(H2,32,33,36). The molecule has 40 heavy (non-hydrogen) atoms. The van der Waals surface area contributed by atoms with Crippen LogP contribution in [-0.2, 0) is 33.4 Å². The molecule has 2 aliphatic heterocycles. The molecule has 1 atom stereocenters. The lowest BCUT2D eigenvalue weighted by atomic mass is 10.1. The Hall–Kier alpha value is -3.11. The molecule has 1 saturated heterocycles. The van der Waals surface area contributed by atoms with Crippen LogP contribution in [0.3, 0.4) is 0 Å². The number of carbonyl (C=O) groups excluding carboxylic acids is 1. The molecule has 2 aliphatic rings. The van der Waals surface area contributed by atoms with Crippen LogP contribution in [0, 0.1) is 0 Å². The Kier molecular flexibility index (Phi) is 8.65. The highest BCUT2D eigenvalue weighted by atomic mass is 35.5. The van der Waals surface area contributed by atoms with Gasteiger partial charge in [0, 0.05) is 42.6 Å². The van der Waals surface area contributed by atoms with Gasteiger partial charge < -0.3 is 20.3 Å². The molecule has 10 heteroatoms. The lowest BCUT2D eigenvalue weighted by Crippen LogP contribution is -2.36. The second-order valence-corrected chi connectivity index (χ2v) is 12.7. The fraction of sp³-hybridized carbons (Fsp3) is 0.367. The Bertz CT molecular complexity index is 1470. The van der Waals surface area contributed by atoms with E-state index in [1.54, 1.807) is 12.1 Å². The minimum Gasteiger partial charge on any atom is -0.378 e. The fourth-order valence-electron chi connectivity index (χ4n) is 5.20. The molecule has 0 saturated carbocycles. The summed E-state index contributed by atoms with van der Waals surface area (Å²) >= 11 is 6.46. The highest BCUT2D eigenvalue weighted by Crippen LogP contribution is 2.29. The van der Waals surface area contributed by atoms with Gasteiger partial charge >= 0.3 is 6.03 Å². The van der Waals surface area contributed by atoms with E-state index in [4.69, 9.17) is 16.3 Å². The minimum absolute atomic E-state index is 0.0680. The Labute approximate surface area is 241 Å². The third kappa shape index (κ3) is 6.61. The number of fused-ring (bicyclic) bond motifs is 1. The number of hydrogen-bond donors (Lipinski definition) is 2. The van der Waals surface area contributed by atoms with Crippen molar-refractivity contribution >= 4 is 38.8 Å². The molecule has 0 radical (unpaired) electrons. The minimum atomic E-state index is -3.54. The molecule has 2 amide bonds. The van der Waals surface area contributed by atoms with Crippen LogP contribution >= 0.6 is 11.6 Å². The number of nitrogens with zero attached hydrogens (tertiary/aromatic N) is 2. The highest BCUT2D eigenvalue weighted by Gasteiger charge is 2.21. The van der Waals surface area contributed by atoms with Gasteiger partial charge in [0.1, 0.15) is 0 Å². The van der Waals surface area contributed by atoms with E-state index >= 15 is 0 Å². The molecule has 3 aromatic rings. The fourth-order valence-corrected chi connectivity index (χ4v) is 6.82. The molecular formula is C30H35ClN4O4S. The zero-order valence-electron chi connectivity index (χ0n) is 22.8. The molecule has 5 rings (SSSR count). The summed E-state index contributed by atoms with van der Waals surface area (Å²) in [7, 11) is -3.54. The van der Waals surface area contributed by atoms with Gasteiger partial charge in [-0.15, -0.1) is 0 Å². The zero-order chi connectivity index (χ0) is 28.3. The Morgan fingerprint density at radius 3 is 2.45 bits per heavy atom. The predicted octanol–water partition coefficient (Wildman–Crippen LogP) is 5.37. The van der Waals surface area contributed by atoms with E-state index in [2.05, 4.69) is 27.4 Å². The van der Waals surface area contributed by atoms with Crippen molar-refractivity contribution in [3.63, 3.8) is 0 Å². The maximum Gasteiger partial charge on any atom is 0.319 e. The number of amides is 2. The summed E-state index contributed by atoms with van der Waals surface area (Å²) in [4.78, 5) is 17.5. The number of morpholine rings is 1. The summed E-state index contributed by atoms with van der Waals surface area (Å²) in [5.74, 6) is -0.0680. The van der Waals surface area contributed by atoms with Gasteiger partial charge in [-0.3, -0.25) is 4.90 Å². The molecule has 2 N–H and O–H groups in total. The Morgan fingerprint density at radius 2 is 1.73 bits per heavy atom. The van der Waals surface area contributed by atoms with Crippen LogP contribution < -0.4 is 15.5 Å². The van der Waals surface area contributed by atoms with E-state index < -0.39 is 15.9 Å². The highest BCUT2D eigenvalue weighted by molar-refractivity contribution is 7.90. The van der Waals surface area contributed by atoms with Crippen molar-refractivity contribution in [1.82, 2.24) is 10.2 Å². The van der Waals surface area contributed by atoms with Gasteiger partial charge in [-0.1, -0.05) is 36.7 Å². The first kappa shape index (κ1) is 28.4. The quantitative estimate of drug-likeness (QED) is 0.371. The Morgan fingerprint density at radius 1 is 1.00 bits per heavy atom. The average molecular weight is 583 g/mol. The largest absolute Gasteiger partial charge is 0.378 e. The molecule has 212 valence electrons. The second kappa shape index (κ2) is 12.2. The predicted molar refractivity (Wildman–Crippen MR) is 159 cm³/mol. The first-order valence-corrected chi connectivity index (χ1v) is 15.6. The normalized spacial score (nSPS) is 16.4. The van der Waals surface area contributed by atoms with Crippen molar-refractivity contribution in [2.24, 2.45) is 0 Å². The number of benzene rings is 3. The van der Waals surface area contributed by atoms with Gasteiger partial charge in [0.05, 0.1) is 29.9 Å².